The fourth-order valence-electron chi connectivity index (χ4n) is 1.61. The molecule has 0 bridgehead atoms. The molecule has 0 unspecified atom stereocenters. The van der Waals surface area contributed by atoms with Gasteiger partial charge in [-0.1, -0.05) is 23.5 Å². The van der Waals surface area contributed by atoms with Crippen LogP contribution in [-0.2, 0) is 15.3 Å². The summed E-state index contributed by atoms with van der Waals surface area (Å²) in [4.78, 5) is 22.0. The molecule has 0 N–H and O–H groups in total. The molecule has 8 nitrogen and oxygen atoms in total. The lowest BCUT2D eigenvalue weighted by Crippen LogP contribution is -2.13. The Bertz CT molecular complexity index is 693. The van der Waals surface area contributed by atoms with Gasteiger partial charge in [0.1, 0.15) is 10.8 Å². The molecule has 0 aromatic carbocycles. The number of carbonyl (C=O) groups excluding carboxylic acids is 1. The Balaban J connectivity index is 1.90. The molecule has 0 saturated carbocycles. The highest BCUT2D eigenvalue weighted by Gasteiger charge is 2.11. The SMILES string of the molecule is CCOC(=O)CSc1nnc(CSc2cc(C)nc(N(C)C)n2)o1. The van der Waals surface area contributed by atoms with Crippen LogP contribution in [-0.4, -0.2) is 52.6 Å². The minimum Gasteiger partial charge on any atom is -0.465 e. The van der Waals surface area contributed by atoms with E-state index < -0.39 is 0 Å². The van der Waals surface area contributed by atoms with Crippen molar-refractivity contribution in [3.05, 3.63) is 17.7 Å². The van der Waals surface area contributed by atoms with Crippen molar-refractivity contribution in [2.75, 3.05) is 31.4 Å². The van der Waals surface area contributed by atoms with Gasteiger partial charge in [-0.25, -0.2) is 9.97 Å². The fraction of sp³-hybridized carbons (Fsp3) is 0.500. The Morgan fingerprint density at radius 1 is 1.29 bits per heavy atom. The molecule has 2 aromatic rings. The van der Waals surface area contributed by atoms with E-state index in [-0.39, 0.29) is 11.7 Å². The molecule has 0 atom stereocenters. The largest absolute Gasteiger partial charge is 0.465 e. The molecule has 130 valence electrons. The van der Waals surface area contributed by atoms with Gasteiger partial charge in [0, 0.05) is 19.8 Å². The number of nitrogens with zero attached hydrogens (tertiary/aromatic N) is 5. The molecule has 0 radical (unpaired) electrons. The van der Waals surface area contributed by atoms with Crippen molar-refractivity contribution in [2.45, 2.75) is 29.8 Å². The van der Waals surface area contributed by atoms with E-state index in [9.17, 15) is 4.79 Å². The van der Waals surface area contributed by atoms with Gasteiger partial charge < -0.3 is 14.1 Å². The number of hydrogen-bond donors (Lipinski definition) is 0. The first kappa shape index (κ1) is 18.5. The number of thioether (sulfide) groups is 2. The summed E-state index contributed by atoms with van der Waals surface area (Å²) in [5, 5.41) is 9.07. The Morgan fingerprint density at radius 2 is 2.08 bits per heavy atom. The van der Waals surface area contributed by atoms with Gasteiger partial charge in [-0.3, -0.25) is 4.79 Å². The molecule has 0 aliphatic heterocycles. The zero-order valence-corrected chi connectivity index (χ0v) is 15.6. The van der Waals surface area contributed by atoms with Crippen LogP contribution in [0.4, 0.5) is 5.95 Å². The summed E-state index contributed by atoms with van der Waals surface area (Å²) < 4.78 is 10.3. The van der Waals surface area contributed by atoms with Gasteiger partial charge in [0.25, 0.3) is 5.22 Å². The molecule has 0 aliphatic carbocycles. The summed E-state index contributed by atoms with van der Waals surface area (Å²) in [6, 6.07) is 1.91. The van der Waals surface area contributed by atoms with Crippen LogP contribution in [0.15, 0.2) is 20.7 Å². The first-order chi connectivity index (χ1) is 11.5. The number of ether oxygens (including phenoxy) is 1. The summed E-state index contributed by atoms with van der Waals surface area (Å²) in [7, 11) is 3.79. The standard InChI is InChI=1S/C14H19N5O3S2/c1-5-21-12(20)8-24-14-18-17-10(22-14)7-23-11-6-9(2)15-13(16-11)19(3)4/h6H,5,7-8H2,1-4H3. The highest BCUT2D eigenvalue weighted by atomic mass is 32.2. The van der Waals surface area contributed by atoms with E-state index >= 15 is 0 Å². The minimum atomic E-state index is -0.302. The third-order valence-electron chi connectivity index (χ3n) is 2.63. The third-order valence-corrected chi connectivity index (χ3v) is 4.32. The molecule has 24 heavy (non-hydrogen) atoms. The number of esters is 1. The Hall–Kier alpha value is -1.81. The molecule has 2 rings (SSSR count). The van der Waals surface area contributed by atoms with Crippen molar-refractivity contribution >= 4 is 35.4 Å². The predicted octanol–water partition coefficient (Wildman–Crippen LogP) is 2.18. The molecular formula is C14H19N5O3S2. The number of carbonyl (C=O) groups is 1. The molecule has 0 spiro atoms. The third kappa shape index (κ3) is 5.68. The van der Waals surface area contributed by atoms with Crippen LogP contribution >= 0.6 is 23.5 Å². The van der Waals surface area contributed by atoms with Crippen LogP contribution in [0.2, 0.25) is 0 Å². The lowest BCUT2D eigenvalue weighted by molar-refractivity contribution is -0.139. The first-order valence-corrected chi connectivity index (χ1v) is 9.21. The van der Waals surface area contributed by atoms with Gasteiger partial charge in [-0.15, -0.1) is 10.2 Å². The van der Waals surface area contributed by atoms with Crippen LogP contribution in [0.1, 0.15) is 18.5 Å². The summed E-state index contributed by atoms with van der Waals surface area (Å²) in [6.07, 6.45) is 0. The Kier molecular flexibility index (Phi) is 6.85. The van der Waals surface area contributed by atoms with Crippen molar-refractivity contribution in [2.24, 2.45) is 0 Å². The number of hydrogen-bond acceptors (Lipinski definition) is 10. The van der Waals surface area contributed by atoms with Gasteiger partial charge in [-0.2, -0.15) is 0 Å². The second-order valence-corrected chi connectivity index (χ2v) is 6.81. The van der Waals surface area contributed by atoms with Crippen LogP contribution in [0.5, 0.6) is 0 Å². The maximum absolute atomic E-state index is 11.3. The molecular weight excluding hydrogens is 350 g/mol. The second-order valence-electron chi connectivity index (χ2n) is 4.89. The van der Waals surface area contributed by atoms with E-state index in [1.807, 2.05) is 32.0 Å². The minimum absolute atomic E-state index is 0.153. The van der Waals surface area contributed by atoms with Gasteiger partial charge in [0.15, 0.2) is 0 Å². The van der Waals surface area contributed by atoms with Gasteiger partial charge in [0.2, 0.25) is 11.8 Å². The zero-order chi connectivity index (χ0) is 17.5. The van der Waals surface area contributed by atoms with E-state index in [0.717, 1.165) is 22.5 Å². The average Bonchev–Trinajstić information content (AvgIpc) is 2.99. The highest BCUT2D eigenvalue weighted by molar-refractivity contribution is 7.99. The first-order valence-electron chi connectivity index (χ1n) is 7.24. The van der Waals surface area contributed by atoms with E-state index in [2.05, 4.69) is 20.2 Å². The van der Waals surface area contributed by atoms with Crippen molar-refractivity contribution in [3.8, 4) is 0 Å². The summed E-state index contributed by atoms with van der Waals surface area (Å²) in [5.74, 6) is 1.49. The van der Waals surface area contributed by atoms with E-state index in [0.29, 0.717) is 29.4 Å². The number of rotatable bonds is 8. The lowest BCUT2D eigenvalue weighted by Gasteiger charge is -2.11. The van der Waals surface area contributed by atoms with Crippen LogP contribution in [0.3, 0.4) is 0 Å². The molecule has 0 saturated heterocycles. The molecule has 2 aromatic heterocycles. The maximum atomic E-state index is 11.3. The second kappa shape index (κ2) is 8.88. The summed E-state index contributed by atoms with van der Waals surface area (Å²) in [6.45, 7) is 4.05. The van der Waals surface area contributed by atoms with Crippen molar-refractivity contribution in [1.29, 1.82) is 0 Å². The summed E-state index contributed by atoms with van der Waals surface area (Å²) >= 11 is 2.65. The quantitative estimate of drug-likeness (QED) is 0.391. The van der Waals surface area contributed by atoms with Crippen molar-refractivity contribution in [3.63, 3.8) is 0 Å². The van der Waals surface area contributed by atoms with Gasteiger partial charge in [0.05, 0.1) is 12.4 Å². The van der Waals surface area contributed by atoms with Gasteiger partial charge in [-0.05, 0) is 19.9 Å². The van der Waals surface area contributed by atoms with E-state index in [4.69, 9.17) is 9.15 Å². The summed E-state index contributed by atoms with van der Waals surface area (Å²) in [5.41, 5.74) is 0.896. The molecule has 0 fully saturated rings. The zero-order valence-electron chi connectivity index (χ0n) is 14.0. The smallest absolute Gasteiger partial charge is 0.316 e. The number of aromatic nitrogens is 4. The normalized spacial score (nSPS) is 10.7. The van der Waals surface area contributed by atoms with Crippen molar-refractivity contribution in [1.82, 2.24) is 20.2 Å². The van der Waals surface area contributed by atoms with Crippen LogP contribution in [0.25, 0.3) is 0 Å². The monoisotopic (exact) mass is 369 g/mol. The number of aryl methyl sites for hydroxylation is 1. The molecule has 0 aliphatic rings. The van der Waals surface area contributed by atoms with Crippen LogP contribution in [0, 0.1) is 6.92 Å². The molecule has 0 amide bonds. The lowest BCUT2D eigenvalue weighted by atomic mass is 10.4. The fourth-order valence-corrected chi connectivity index (χ4v) is 2.98. The Labute approximate surface area is 148 Å². The average molecular weight is 369 g/mol. The van der Waals surface area contributed by atoms with Crippen molar-refractivity contribution < 1.29 is 13.9 Å². The predicted molar refractivity (Wildman–Crippen MR) is 92.3 cm³/mol. The van der Waals surface area contributed by atoms with E-state index in [1.54, 1.807) is 6.92 Å². The topological polar surface area (TPSA) is 94.2 Å². The number of anilines is 1. The Morgan fingerprint density at radius 3 is 2.79 bits per heavy atom. The highest BCUT2D eigenvalue weighted by Crippen LogP contribution is 2.24. The van der Waals surface area contributed by atoms with Gasteiger partial charge >= 0.3 is 5.97 Å². The molecule has 10 heteroatoms. The van der Waals surface area contributed by atoms with Crippen LogP contribution < -0.4 is 4.90 Å². The molecule has 2 heterocycles. The maximum Gasteiger partial charge on any atom is 0.316 e. The van der Waals surface area contributed by atoms with E-state index in [1.165, 1.54) is 11.8 Å².